The molecule has 0 spiro atoms. The van der Waals surface area contributed by atoms with E-state index in [1.165, 1.54) is 0 Å². The summed E-state index contributed by atoms with van der Waals surface area (Å²) in [7, 11) is 0. The first-order valence-electron chi connectivity index (χ1n) is 6.95. The zero-order valence-corrected chi connectivity index (χ0v) is 12.6. The van der Waals surface area contributed by atoms with Crippen molar-refractivity contribution in [1.29, 1.82) is 0 Å². The maximum Gasteiger partial charge on any atom is 0.0900 e. The van der Waals surface area contributed by atoms with Gasteiger partial charge in [0, 0.05) is 26.1 Å². The molecule has 1 aliphatic rings. The molecule has 0 saturated carbocycles. The van der Waals surface area contributed by atoms with Gasteiger partial charge >= 0.3 is 0 Å². The Bertz CT molecular complexity index is 301. The van der Waals surface area contributed by atoms with E-state index < -0.39 is 6.10 Å². The molecule has 0 unspecified atom stereocenters. The standard InChI is InChI=1S/C15H27NO3/c1-6-7-15(4,5)18-11-14(17)10-16-8-12(2)19-13(3)9-16/h1,12-14,17H,7-11H2,2-5H3/t12-,13-,14+/m1/s1. The molecular formula is C15H27NO3. The predicted octanol–water partition coefficient (Wildman–Crippen LogP) is 1.27. The molecule has 1 rings (SSSR count). The molecule has 110 valence electrons. The lowest BCUT2D eigenvalue weighted by Crippen LogP contribution is -2.49. The Morgan fingerprint density at radius 2 is 2.00 bits per heavy atom. The minimum Gasteiger partial charge on any atom is -0.389 e. The molecule has 3 atom stereocenters. The summed E-state index contributed by atoms with van der Waals surface area (Å²) in [6.45, 7) is 10.6. The van der Waals surface area contributed by atoms with Crippen molar-refractivity contribution in [1.82, 2.24) is 4.90 Å². The molecule has 0 amide bonds. The van der Waals surface area contributed by atoms with Crippen LogP contribution in [0.25, 0.3) is 0 Å². The SMILES string of the molecule is C#CCC(C)(C)OC[C@@H](O)CN1C[C@@H](C)O[C@H](C)C1. The van der Waals surface area contributed by atoms with Gasteiger partial charge in [-0.15, -0.1) is 12.3 Å². The predicted molar refractivity (Wildman–Crippen MR) is 75.9 cm³/mol. The fraction of sp³-hybridized carbons (Fsp3) is 0.867. The highest BCUT2D eigenvalue weighted by molar-refractivity contribution is 4.92. The average Bonchev–Trinajstić information content (AvgIpc) is 2.25. The van der Waals surface area contributed by atoms with Crippen LogP contribution in [0.15, 0.2) is 0 Å². The summed E-state index contributed by atoms with van der Waals surface area (Å²) < 4.78 is 11.3. The van der Waals surface area contributed by atoms with Crippen LogP contribution in [0.1, 0.15) is 34.1 Å². The molecule has 19 heavy (non-hydrogen) atoms. The molecule has 4 nitrogen and oxygen atoms in total. The van der Waals surface area contributed by atoms with Crippen molar-refractivity contribution < 1.29 is 14.6 Å². The number of hydrogen-bond donors (Lipinski definition) is 1. The van der Waals surface area contributed by atoms with E-state index in [4.69, 9.17) is 15.9 Å². The highest BCUT2D eigenvalue weighted by Gasteiger charge is 2.25. The third kappa shape index (κ3) is 6.40. The number of ether oxygens (including phenoxy) is 2. The molecule has 0 bridgehead atoms. The van der Waals surface area contributed by atoms with E-state index in [1.807, 2.05) is 13.8 Å². The monoisotopic (exact) mass is 269 g/mol. The van der Waals surface area contributed by atoms with Crippen molar-refractivity contribution in [2.45, 2.75) is 58.0 Å². The Morgan fingerprint density at radius 1 is 1.42 bits per heavy atom. The number of β-amino-alcohol motifs (C(OH)–C–C–N with tert-alkyl or cyclic N) is 1. The topological polar surface area (TPSA) is 41.9 Å². The van der Waals surface area contributed by atoms with E-state index in [1.54, 1.807) is 0 Å². The fourth-order valence-corrected chi connectivity index (χ4v) is 2.40. The molecule has 0 aliphatic carbocycles. The average molecular weight is 269 g/mol. The third-order valence-corrected chi connectivity index (χ3v) is 3.16. The maximum atomic E-state index is 10.0. The first kappa shape index (κ1) is 16.5. The van der Waals surface area contributed by atoms with Crippen molar-refractivity contribution in [3.8, 4) is 12.3 Å². The van der Waals surface area contributed by atoms with Gasteiger partial charge < -0.3 is 14.6 Å². The zero-order valence-electron chi connectivity index (χ0n) is 12.6. The minimum absolute atomic E-state index is 0.217. The van der Waals surface area contributed by atoms with Crippen molar-refractivity contribution in [3.05, 3.63) is 0 Å². The number of aliphatic hydroxyl groups excluding tert-OH is 1. The van der Waals surface area contributed by atoms with E-state index >= 15 is 0 Å². The van der Waals surface area contributed by atoms with Gasteiger partial charge in [0.15, 0.2) is 0 Å². The van der Waals surface area contributed by atoms with Gasteiger partial charge in [-0.05, 0) is 27.7 Å². The summed E-state index contributed by atoms with van der Waals surface area (Å²) in [5.74, 6) is 2.59. The van der Waals surface area contributed by atoms with Crippen LogP contribution in [-0.4, -0.2) is 60.2 Å². The first-order chi connectivity index (χ1) is 8.82. The normalized spacial score (nSPS) is 26.9. The second-order valence-electron chi connectivity index (χ2n) is 6.08. The highest BCUT2D eigenvalue weighted by Crippen LogP contribution is 2.15. The highest BCUT2D eigenvalue weighted by atomic mass is 16.5. The molecule has 0 aromatic rings. The number of aliphatic hydroxyl groups is 1. The van der Waals surface area contributed by atoms with Crippen LogP contribution in [0, 0.1) is 12.3 Å². The molecule has 0 radical (unpaired) electrons. The summed E-state index contributed by atoms with van der Waals surface area (Å²) in [6, 6.07) is 0. The number of morpholine rings is 1. The number of nitrogens with zero attached hydrogens (tertiary/aromatic N) is 1. The molecule has 1 saturated heterocycles. The van der Waals surface area contributed by atoms with Gasteiger partial charge in [-0.1, -0.05) is 0 Å². The van der Waals surface area contributed by atoms with Gasteiger partial charge in [-0.25, -0.2) is 0 Å². The van der Waals surface area contributed by atoms with Crippen molar-refractivity contribution in [3.63, 3.8) is 0 Å². The Hall–Kier alpha value is -0.600. The molecule has 0 aromatic heterocycles. The van der Waals surface area contributed by atoms with Gasteiger partial charge in [0.2, 0.25) is 0 Å². The quantitative estimate of drug-likeness (QED) is 0.738. The van der Waals surface area contributed by atoms with E-state index in [0.717, 1.165) is 13.1 Å². The van der Waals surface area contributed by atoms with Crippen LogP contribution in [0.5, 0.6) is 0 Å². The van der Waals surface area contributed by atoms with Crippen molar-refractivity contribution >= 4 is 0 Å². The summed E-state index contributed by atoms with van der Waals surface area (Å²) in [5, 5.41) is 10.0. The van der Waals surface area contributed by atoms with Gasteiger partial charge in [0.1, 0.15) is 0 Å². The Kier molecular flexibility index (Phi) is 6.28. The molecular weight excluding hydrogens is 242 g/mol. The third-order valence-electron chi connectivity index (χ3n) is 3.16. The maximum absolute atomic E-state index is 10.0. The van der Waals surface area contributed by atoms with Gasteiger partial charge in [-0.3, -0.25) is 4.90 Å². The van der Waals surface area contributed by atoms with Gasteiger partial charge in [-0.2, -0.15) is 0 Å². The Morgan fingerprint density at radius 3 is 2.53 bits per heavy atom. The summed E-state index contributed by atoms with van der Waals surface area (Å²) in [5.41, 5.74) is -0.374. The second kappa shape index (κ2) is 7.25. The van der Waals surface area contributed by atoms with Gasteiger partial charge in [0.25, 0.3) is 0 Å². The van der Waals surface area contributed by atoms with Crippen molar-refractivity contribution in [2.24, 2.45) is 0 Å². The minimum atomic E-state index is -0.491. The van der Waals surface area contributed by atoms with Crippen LogP contribution in [0.2, 0.25) is 0 Å². The lowest BCUT2D eigenvalue weighted by molar-refractivity contribution is -0.0949. The van der Waals surface area contributed by atoms with E-state index in [0.29, 0.717) is 19.6 Å². The molecule has 1 N–H and O–H groups in total. The number of terminal acetylenes is 1. The number of rotatable bonds is 6. The lowest BCUT2D eigenvalue weighted by atomic mass is 10.1. The van der Waals surface area contributed by atoms with E-state index in [2.05, 4.69) is 24.7 Å². The molecule has 4 heteroatoms. The summed E-state index contributed by atoms with van der Waals surface area (Å²) in [6.07, 6.45) is 5.78. The van der Waals surface area contributed by atoms with Gasteiger partial charge in [0.05, 0.1) is 30.5 Å². The largest absolute Gasteiger partial charge is 0.389 e. The molecule has 1 heterocycles. The van der Waals surface area contributed by atoms with Crippen LogP contribution >= 0.6 is 0 Å². The molecule has 0 aromatic carbocycles. The second-order valence-corrected chi connectivity index (χ2v) is 6.08. The molecule has 1 fully saturated rings. The van der Waals surface area contributed by atoms with Crippen LogP contribution in [0.3, 0.4) is 0 Å². The summed E-state index contributed by atoms with van der Waals surface area (Å²) in [4.78, 5) is 2.22. The summed E-state index contributed by atoms with van der Waals surface area (Å²) >= 11 is 0. The fourth-order valence-electron chi connectivity index (χ4n) is 2.40. The first-order valence-corrected chi connectivity index (χ1v) is 6.95. The molecule has 1 aliphatic heterocycles. The van der Waals surface area contributed by atoms with Crippen LogP contribution < -0.4 is 0 Å². The Labute approximate surface area is 117 Å². The zero-order chi connectivity index (χ0) is 14.5. The van der Waals surface area contributed by atoms with E-state index in [-0.39, 0.29) is 17.8 Å². The lowest BCUT2D eigenvalue weighted by Gasteiger charge is -2.36. The van der Waals surface area contributed by atoms with E-state index in [9.17, 15) is 5.11 Å². The Balaban J connectivity index is 2.31. The smallest absolute Gasteiger partial charge is 0.0900 e. The number of hydrogen-bond acceptors (Lipinski definition) is 4. The van der Waals surface area contributed by atoms with Crippen molar-refractivity contribution in [2.75, 3.05) is 26.2 Å². The van der Waals surface area contributed by atoms with Crippen LogP contribution in [0.4, 0.5) is 0 Å². The van der Waals surface area contributed by atoms with Crippen LogP contribution in [-0.2, 0) is 9.47 Å².